The molecule has 0 radical (unpaired) electrons. The van der Waals surface area contributed by atoms with Gasteiger partial charge in [-0.1, -0.05) is 0 Å². The lowest BCUT2D eigenvalue weighted by atomic mass is 10.3. The lowest BCUT2D eigenvalue weighted by Gasteiger charge is -1.98. The predicted octanol–water partition coefficient (Wildman–Crippen LogP) is 1.19. The third-order valence-corrected chi connectivity index (χ3v) is 2.52. The van der Waals surface area contributed by atoms with Gasteiger partial charge in [0.05, 0.1) is 5.69 Å². The molecule has 0 bridgehead atoms. The third-order valence-electron chi connectivity index (χ3n) is 1.75. The number of aromatic nitrogens is 3. The average Bonchev–Trinajstić information content (AvgIpc) is 2.67. The number of thiazole rings is 1. The van der Waals surface area contributed by atoms with E-state index in [9.17, 15) is 0 Å². The molecular formula is C8H9N5S. The number of aryl methyl sites for hydroxylation is 1. The molecule has 3 N–H and O–H groups in total. The predicted molar refractivity (Wildman–Crippen MR) is 55.7 cm³/mol. The number of nitrogen functional groups attached to an aromatic ring is 1. The van der Waals surface area contributed by atoms with Crippen molar-refractivity contribution in [3.63, 3.8) is 0 Å². The van der Waals surface area contributed by atoms with Gasteiger partial charge in [0, 0.05) is 17.8 Å². The molecule has 6 heteroatoms. The van der Waals surface area contributed by atoms with Crippen molar-refractivity contribution in [1.82, 2.24) is 15.0 Å². The van der Waals surface area contributed by atoms with E-state index in [0.717, 1.165) is 17.1 Å². The Bertz CT molecular complexity index is 439. The number of hydrogen-bond donors (Lipinski definition) is 2. The van der Waals surface area contributed by atoms with Gasteiger partial charge in [0.25, 0.3) is 0 Å². The van der Waals surface area contributed by atoms with Gasteiger partial charge in [0.15, 0.2) is 5.13 Å². The summed E-state index contributed by atoms with van der Waals surface area (Å²) in [6, 6.07) is 0. The number of nitrogens with zero attached hydrogens (tertiary/aromatic N) is 3. The minimum atomic E-state index is 0.671. The van der Waals surface area contributed by atoms with Crippen LogP contribution >= 0.6 is 11.3 Å². The van der Waals surface area contributed by atoms with E-state index < -0.39 is 0 Å². The number of hydrazine groups is 1. The molecule has 0 atom stereocenters. The van der Waals surface area contributed by atoms with Crippen LogP contribution in [0.2, 0.25) is 0 Å². The molecule has 0 saturated heterocycles. The van der Waals surface area contributed by atoms with Gasteiger partial charge in [0.2, 0.25) is 0 Å². The molecule has 0 aromatic carbocycles. The molecule has 14 heavy (non-hydrogen) atoms. The molecule has 0 aliphatic heterocycles. The molecule has 0 amide bonds. The number of nitrogens with one attached hydrogen (secondary N) is 1. The molecule has 2 rings (SSSR count). The van der Waals surface area contributed by atoms with E-state index in [0.29, 0.717) is 5.13 Å². The lowest BCUT2D eigenvalue weighted by Crippen LogP contribution is -2.05. The summed E-state index contributed by atoms with van der Waals surface area (Å²) in [6.07, 6.45) is 3.31. The van der Waals surface area contributed by atoms with Crippen LogP contribution < -0.4 is 11.3 Å². The van der Waals surface area contributed by atoms with Gasteiger partial charge in [0.1, 0.15) is 11.4 Å². The van der Waals surface area contributed by atoms with Crippen LogP contribution in [0.3, 0.4) is 0 Å². The zero-order valence-corrected chi connectivity index (χ0v) is 8.38. The van der Waals surface area contributed by atoms with Crippen molar-refractivity contribution in [1.29, 1.82) is 0 Å². The van der Waals surface area contributed by atoms with Crippen molar-refractivity contribution < 1.29 is 0 Å². The zero-order valence-electron chi connectivity index (χ0n) is 7.56. The number of nitrogens with two attached hydrogens (primary N) is 1. The van der Waals surface area contributed by atoms with Crippen molar-refractivity contribution in [2.24, 2.45) is 5.84 Å². The SMILES string of the molecule is Cc1nccnc1-c1csc(NN)n1. The molecule has 5 nitrogen and oxygen atoms in total. The van der Waals surface area contributed by atoms with Crippen LogP contribution in [-0.2, 0) is 0 Å². The second kappa shape index (κ2) is 3.69. The molecule has 0 aliphatic rings. The standard InChI is InChI=1S/C8H9N5S/c1-5-7(11-3-2-10-5)6-4-14-8(12-6)13-9/h2-4H,9H2,1H3,(H,12,13). The molecule has 72 valence electrons. The second-order valence-corrected chi connectivity index (χ2v) is 3.53. The Morgan fingerprint density at radius 1 is 1.36 bits per heavy atom. The topological polar surface area (TPSA) is 76.7 Å². The van der Waals surface area contributed by atoms with Gasteiger partial charge in [-0.15, -0.1) is 11.3 Å². The summed E-state index contributed by atoms with van der Waals surface area (Å²) in [5, 5.41) is 2.57. The van der Waals surface area contributed by atoms with E-state index in [-0.39, 0.29) is 0 Å². The average molecular weight is 207 g/mol. The second-order valence-electron chi connectivity index (χ2n) is 2.67. The summed E-state index contributed by atoms with van der Waals surface area (Å²) < 4.78 is 0. The van der Waals surface area contributed by atoms with Gasteiger partial charge >= 0.3 is 0 Å². The number of hydrogen-bond acceptors (Lipinski definition) is 6. The van der Waals surface area contributed by atoms with Crippen molar-refractivity contribution in [2.75, 3.05) is 5.43 Å². The molecule has 0 spiro atoms. The van der Waals surface area contributed by atoms with Gasteiger partial charge in [-0.3, -0.25) is 15.4 Å². The molecule has 0 fully saturated rings. The maximum Gasteiger partial charge on any atom is 0.197 e. The minimum Gasteiger partial charge on any atom is -0.300 e. The van der Waals surface area contributed by atoms with Crippen LogP contribution in [0.1, 0.15) is 5.69 Å². The van der Waals surface area contributed by atoms with Gasteiger partial charge in [-0.05, 0) is 6.92 Å². The molecule has 2 heterocycles. The molecular weight excluding hydrogens is 198 g/mol. The van der Waals surface area contributed by atoms with Crippen LogP contribution in [-0.4, -0.2) is 15.0 Å². The van der Waals surface area contributed by atoms with Gasteiger partial charge in [-0.25, -0.2) is 10.8 Å². The molecule has 0 unspecified atom stereocenters. The minimum absolute atomic E-state index is 0.671. The summed E-state index contributed by atoms with van der Waals surface area (Å²) in [6.45, 7) is 1.90. The largest absolute Gasteiger partial charge is 0.300 e. The van der Waals surface area contributed by atoms with Crippen molar-refractivity contribution in [3.05, 3.63) is 23.5 Å². The first-order valence-corrected chi connectivity index (χ1v) is 4.89. The van der Waals surface area contributed by atoms with Crippen LogP contribution in [0.4, 0.5) is 5.13 Å². The Morgan fingerprint density at radius 2 is 2.14 bits per heavy atom. The van der Waals surface area contributed by atoms with E-state index >= 15 is 0 Å². The Balaban J connectivity index is 2.44. The fourth-order valence-corrected chi connectivity index (χ4v) is 1.71. The highest BCUT2D eigenvalue weighted by atomic mass is 32.1. The highest BCUT2D eigenvalue weighted by Crippen LogP contribution is 2.23. The Kier molecular flexibility index (Phi) is 2.38. The van der Waals surface area contributed by atoms with Crippen molar-refractivity contribution in [2.45, 2.75) is 6.92 Å². The monoisotopic (exact) mass is 207 g/mol. The van der Waals surface area contributed by atoms with E-state index in [1.807, 2.05) is 12.3 Å². The van der Waals surface area contributed by atoms with Crippen LogP contribution in [0.25, 0.3) is 11.4 Å². The fourth-order valence-electron chi connectivity index (χ4n) is 1.11. The maximum atomic E-state index is 5.24. The first-order valence-electron chi connectivity index (χ1n) is 4.01. The number of rotatable bonds is 2. The highest BCUT2D eigenvalue weighted by Gasteiger charge is 2.07. The quantitative estimate of drug-likeness (QED) is 0.571. The Morgan fingerprint density at radius 3 is 2.79 bits per heavy atom. The van der Waals surface area contributed by atoms with E-state index in [2.05, 4.69) is 20.4 Å². The van der Waals surface area contributed by atoms with Crippen molar-refractivity contribution >= 4 is 16.5 Å². The summed E-state index contributed by atoms with van der Waals surface area (Å²) in [5.41, 5.74) is 4.95. The molecule has 0 saturated carbocycles. The Labute approximate surface area is 85.0 Å². The molecule has 2 aromatic heterocycles. The van der Waals surface area contributed by atoms with Crippen LogP contribution in [0.15, 0.2) is 17.8 Å². The summed E-state index contributed by atoms with van der Waals surface area (Å²) >= 11 is 1.44. The first kappa shape index (κ1) is 9.04. The Hall–Kier alpha value is -1.53. The van der Waals surface area contributed by atoms with Crippen LogP contribution in [0.5, 0.6) is 0 Å². The smallest absolute Gasteiger partial charge is 0.197 e. The third kappa shape index (κ3) is 1.57. The summed E-state index contributed by atoms with van der Waals surface area (Å²) in [5.74, 6) is 5.24. The maximum absolute atomic E-state index is 5.24. The zero-order chi connectivity index (χ0) is 9.97. The summed E-state index contributed by atoms with van der Waals surface area (Å²) in [4.78, 5) is 12.6. The molecule has 2 aromatic rings. The summed E-state index contributed by atoms with van der Waals surface area (Å²) in [7, 11) is 0. The van der Waals surface area contributed by atoms with Gasteiger partial charge < -0.3 is 0 Å². The van der Waals surface area contributed by atoms with E-state index in [4.69, 9.17) is 5.84 Å². The van der Waals surface area contributed by atoms with Crippen LogP contribution in [0, 0.1) is 6.92 Å². The normalized spacial score (nSPS) is 10.1. The first-order chi connectivity index (χ1) is 6.81. The van der Waals surface area contributed by atoms with E-state index in [1.165, 1.54) is 11.3 Å². The van der Waals surface area contributed by atoms with E-state index in [1.54, 1.807) is 12.4 Å². The highest BCUT2D eigenvalue weighted by molar-refractivity contribution is 7.14. The molecule has 0 aliphatic carbocycles. The van der Waals surface area contributed by atoms with Gasteiger partial charge in [-0.2, -0.15) is 0 Å². The number of anilines is 1. The van der Waals surface area contributed by atoms with Crippen molar-refractivity contribution in [3.8, 4) is 11.4 Å². The lowest BCUT2D eigenvalue weighted by molar-refractivity contribution is 1.11. The fraction of sp³-hybridized carbons (Fsp3) is 0.125.